The number of nitrogens with zero attached hydrogens (tertiary/aromatic N) is 4. The number of aromatic nitrogens is 3. The monoisotopic (exact) mass is 618 g/mol. The Morgan fingerprint density at radius 1 is 1.18 bits per heavy atom. The lowest BCUT2D eigenvalue weighted by atomic mass is 10.1. The van der Waals surface area contributed by atoms with Crippen molar-refractivity contribution < 1.29 is 28.6 Å². The first kappa shape index (κ1) is 31.8. The molecule has 0 unspecified atom stereocenters. The number of ether oxygens (including phenoxy) is 3. The van der Waals surface area contributed by atoms with Gasteiger partial charge in [-0.3, -0.25) is 9.48 Å². The zero-order valence-corrected chi connectivity index (χ0v) is 26.6. The molecule has 12 heteroatoms. The number of carbonyl (C=O) groups is 3. The highest BCUT2D eigenvalue weighted by Crippen LogP contribution is 2.46. The Bertz CT molecular complexity index is 1600. The van der Waals surface area contributed by atoms with Crippen LogP contribution in [0.5, 0.6) is 11.5 Å². The van der Waals surface area contributed by atoms with E-state index in [1.165, 1.54) is 0 Å². The smallest absolute Gasteiger partial charge is 0.332 e. The zero-order valence-electron chi connectivity index (χ0n) is 26.6. The van der Waals surface area contributed by atoms with E-state index in [0.717, 1.165) is 41.3 Å². The zero-order chi connectivity index (χ0) is 32.1. The van der Waals surface area contributed by atoms with Gasteiger partial charge in [0.15, 0.2) is 0 Å². The van der Waals surface area contributed by atoms with Gasteiger partial charge in [0.1, 0.15) is 23.1 Å². The molecule has 0 bridgehead atoms. The van der Waals surface area contributed by atoms with Gasteiger partial charge in [0.05, 0.1) is 37.7 Å². The summed E-state index contributed by atoms with van der Waals surface area (Å²) in [4.78, 5) is 46.3. The molecule has 0 radical (unpaired) electrons. The van der Waals surface area contributed by atoms with Crippen LogP contribution in [0.2, 0.25) is 0 Å². The second kappa shape index (κ2) is 13.6. The molecular formula is C33H42N6O6. The van der Waals surface area contributed by atoms with Crippen molar-refractivity contribution >= 4 is 28.8 Å². The number of aryl methyl sites for hydroxylation is 2. The average molecular weight is 619 g/mol. The predicted molar refractivity (Wildman–Crippen MR) is 169 cm³/mol. The first-order valence-electron chi connectivity index (χ1n) is 15.4. The molecule has 0 spiro atoms. The maximum Gasteiger partial charge on any atom is 0.332 e. The summed E-state index contributed by atoms with van der Waals surface area (Å²) in [6, 6.07) is 4.29. The standard InChI is InChI=1S/C33H42N6O6/c1-6-44-31(41)33-18-23(33)11-9-7-8-10-15-38(3)32(42)36-25(30(40)37-33)14-16-45-28-17-26(22-19-34-39(4)20-22)35-29-21(2)27(43-5)13-12-24(28)29/h9,11-13,17,19-20,23,25H,6-8,10,14-16,18H2,1-5H3,(H,36,42)(H,37,40)/b11-9-/t23-,25-,33+/m0/s1. The van der Waals surface area contributed by atoms with Crippen LogP contribution in [0.3, 0.4) is 0 Å². The van der Waals surface area contributed by atoms with Gasteiger partial charge in [0, 0.05) is 61.8 Å². The number of fused-ring (bicyclic) bond motifs is 2. The number of urea groups is 1. The second-order valence-electron chi connectivity index (χ2n) is 11.7. The maximum absolute atomic E-state index is 13.7. The Balaban J connectivity index is 1.41. The fourth-order valence-corrected chi connectivity index (χ4v) is 5.73. The van der Waals surface area contributed by atoms with Crippen molar-refractivity contribution in [2.24, 2.45) is 13.0 Å². The van der Waals surface area contributed by atoms with Gasteiger partial charge in [0.25, 0.3) is 0 Å². The summed E-state index contributed by atoms with van der Waals surface area (Å²) < 4.78 is 18.9. The van der Waals surface area contributed by atoms with Crippen LogP contribution in [0.25, 0.3) is 22.2 Å². The fourth-order valence-electron chi connectivity index (χ4n) is 5.73. The van der Waals surface area contributed by atoms with Crippen molar-refractivity contribution in [3.05, 3.63) is 48.3 Å². The summed E-state index contributed by atoms with van der Waals surface area (Å²) in [6.07, 6.45) is 10.8. The van der Waals surface area contributed by atoms with E-state index in [1.807, 2.05) is 50.5 Å². The molecule has 1 fully saturated rings. The minimum atomic E-state index is -1.14. The van der Waals surface area contributed by atoms with Crippen molar-refractivity contribution in [2.75, 3.05) is 33.9 Å². The molecule has 1 aromatic carbocycles. The number of benzene rings is 1. The molecule has 0 saturated heterocycles. The number of pyridine rings is 1. The van der Waals surface area contributed by atoms with Crippen LogP contribution < -0.4 is 20.1 Å². The molecule has 240 valence electrons. The molecule has 1 aliphatic heterocycles. The normalized spacial score (nSPS) is 22.9. The molecule has 3 atom stereocenters. The SMILES string of the molecule is CCOC(=O)[C@@]12C[C@@H]1/C=C\CCCCN(C)C(=O)N[C@@H](CCOc1cc(-c3cnn(C)c3)nc3c(C)c(OC)ccc13)C(=O)N2. The molecule has 2 N–H and O–H groups in total. The van der Waals surface area contributed by atoms with E-state index < -0.39 is 23.5 Å². The summed E-state index contributed by atoms with van der Waals surface area (Å²) >= 11 is 0. The number of hydrogen-bond acceptors (Lipinski definition) is 8. The first-order valence-corrected chi connectivity index (χ1v) is 15.4. The van der Waals surface area contributed by atoms with Crippen LogP contribution in [0.1, 0.15) is 44.6 Å². The Labute approximate surface area is 263 Å². The van der Waals surface area contributed by atoms with Crippen LogP contribution in [0, 0.1) is 12.8 Å². The lowest BCUT2D eigenvalue weighted by Crippen LogP contribution is -2.56. The van der Waals surface area contributed by atoms with E-state index in [1.54, 1.807) is 36.9 Å². The highest BCUT2D eigenvalue weighted by Gasteiger charge is 2.61. The topological polar surface area (TPSA) is 137 Å². The van der Waals surface area contributed by atoms with Crippen LogP contribution in [-0.4, -0.2) is 83.1 Å². The third-order valence-electron chi connectivity index (χ3n) is 8.48. The summed E-state index contributed by atoms with van der Waals surface area (Å²) in [5.74, 6) is 0.196. The van der Waals surface area contributed by atoms with E-state index >= 15 is 0 Å². The minimum absolute atomic E-state index is 0.106. The number of rotatable bonds is 8. The molecule has 1 saturated carbocycles. The highest BCUT2D eigenvalue weighted by molar-refractivity contribution is 5.95. The Hall–Kier alpha value is -4.61. The van der Waals surface area contributed by atoms with Gasteiger partial charge in [-0.05, 0) is 51.7 Å². The summed E-state index contributed by atoms with van der Waals surface area (Å²) in [6.45, 7) is 4.55. The van der Waals surface area contributed by atoms with Crippen molar-refractivity contribution in [2.45, 2.75) is 57.5 Å². The molecule has 2 aliphatic rings. The summed E-state index contributed by atoms with van der Waals surface area (Å²) in [7, 11) is 5.16. The van der Waals surface area contributed by atoms with Gasteiger partial charge in [0.2, 0.25) is 5.91 Å². The maximum atomic E-state index is 13.7. The predicted octanol–water partition coefficient (Wildman–Crippen LogP) is 3.91. The van der Waals surface area contributed by atoms with Gasteiger partial charge < -0.3 is 29.7 Å². The molecule has 2 aromatic heterocycles. The Morgan fingerprint density at radius 3 is 2.73 bits per heavy atom. The average Bonchev–Trinajstić information content (AvgIpc) is 3.54. The Morgan fingerprint density at radius 2 is 2.00 bits per heavy atom. The van der Waals surface area contributed by atoms with Crippen molar-refractivity contribution in [1.29, 1.82) is 0 Å². The molecule has 5 rings (SSSR count). The minimum Gasteiger partial charge on any atom is -0.496 e. The molecule has 45 heavy (non-hydrogen) atoms. The van der Waals surface area contributed by atoms with Gasteiger partial charge >= 0.3 is 12.0 Å². The number of carbonyl (C=O) groups excluding carboxylic acids is 3. The lowest BCUT2D eigenvalue weighted by molar-refractivity contribution is -0.149. The number of nitrogens with one attached hydrogen (secondary N) is 2. The molecule has 3 heterocycles. The number of methoxy groups -OCH3 is 1. The molecular weight excluding hydrogens is 576 g/mol. The molecule has 12 nitrogen and oxygen atoms in total. The molecule has 3 aromatic rings. The first-order chi connectivity index (χ1) is 21.7. The number of hydrogen-bond donors (Lipinski definition) is 2. The third-order valence-corrected chi connectivity index (χ3v) is 8.48. The summed E-state index contributed by atoms with van der Waals surface area (Å²) in [5, 5.41) is 10.9. The van der Waals surface area contributed by atoms with Gasteiger partial charge in [-0.25, -0.2) is 14.6 Å². The van der Waals surface area contributed by atoms with E-state index in [9.17, 15) is 14.4 Å². The van der Waals surface area contributed by atoms with Gasteiger partial charge in [-0.2, -0.15) is 5.10 Å². The molecule has 3 amide bonds. The van der Waals surface area contributed by atoms with Gasteiger partial charge in [-0.1, -0.05) is 12.2 Å². The van der Waals surface area contributed by atoms with Crippen molar-refractivity contribution in [1.82, 2.24) is 30.3 Å². The fraction of sp³-hybridized carbons (Fsp3) is 0.485. The van der Waals surface area contributed by atoms with Crippen LogP contribution >= 0.6 is 0 Å². The number of allylic oxidation sites excluding steroid dienone is 1. The second-order valence-corrected chi connectivity index (χ2v) is 11.7. The van der Waals surface area contributed by atoms with Crippen LogP contribution in [-0.2, 0) is 21.4 Å². The molecule has 1 aliphatic carbocycles. The van der Waals surface area contributed by atoms with Crippen LogP contribution in [0.15, 0.2) is 42.7 Å². The van der Waals surface area contributed by atoms with E-state index in [-0.39, 0.29) is 31.6 Å². The number of esters is 1. The quantitative estimate of drug-likeness (QED) is 0.287. The van der Waals surface area contributed by atoms with Crippen LogP contribution in [0.4, 0.5) is 4.79 Å². The summed E-state index contributed by atoms with van der Waals surface area (Å²) in [5.41, 5.74) is 1.95. The largest absolute Gasteiger partial charge is 0.496 e. The van der Waals surface area contributed by atoms with Crippen molar-refractivity contribution in [3.8, 4) is 22.8 Å². The van der Waals surface area contributed by atoms with E-state index in [2.05, 4.69) is 15.7 Å². The van der Waals surface area contributed by atoms with E-state index in [0.29, 0.717) is 30.2 Å². The highest BCUT2D eigenvalue weighted by atomic mass is 16.5. The Kier molecular flexibility index (Phi) is 9.60. The lowest BCUT2D eigenvalue weighted by Gasteiger charge is -2.26. The number of amides is 3. The van der Waals surface area contributed by atoms with Crippen molar-refractivity contribution in [3.63, 3.8) is 0 Å². The van der Waals surface area contributed by atoms with E-state index in [4.69, 9.17) is 19.2 Å². The van der Waals surface area contributed by atoms with Gasteiger partial charge in [-0.15, -0.1) is 0 Å². The third kappa shape index (κ3) is 6.89.